The lowest BCUT2D eigenvalue weighted by Crippen LogP contribution is -1.85. The monoisotopic (exact) mass is 474 g/mol. The van der Waals surface area contributed by atoms with E-state index in [0.717, 1.165) is 28.0 Å². The molecule has 2 rings (SSSR count). The van der Waals surface area contributed by atoms with Crippen molar-refractivity contribution in [3.8, 4) is 11.5 Å². The Hall–Kier alpha value is -0.320. The Morgan fingerprint density at radius 2 is 1.33 bits per heavy atom. The molecule has 0 radical (unpaired) electrons. The highest BCUT2D eigenvalue weighted by molar-refractivity contribution is 9.08. The van der Waals surface area contributed by atoms with Crippen molar-refractivity contribution in [2.75, 3.05) is 19.6 Å². The second-order valence-corrected chi connectivity index (χ2v) is 6.52. The summed E-state index contributed by atoms with van der Waals surface area (Å²) in [6, 6.07) is 11.4. The summed E-state index contributed by atoms with van der Waals surface area (Å²) < 4.78 is 9.97. The number of aryl methyl sites for hydroxylation is 1. The van der Waals surface area contributed by atoms with Crippen LogP contribution in [-0.4, -0.2) is 19.6 Å². The minimum Gasteiger partial charge on any atom is -0.495 e. The zero-order valence-corrected chi connectivity index (χ0v) is 18.2. The van der Waals surface area contributed by atoms with E-state index < -0.39 is 0 Å². The molecule has 0 saturated carbocycles. The van der Waals surface area contributed by atoms with Gasteiger partial charge in [0.15, 0.2) is 0 Å². The Balaban J connectivity index is 0.000000381. The predicted molar refractivity (Wildman–Crippen MR) is 110 cm³/mol. The summed E-state index contributed by atoms with van der Waals surface area (Å²) in [7, 11) is 3.21. The Labute approximate surface area is 172 Å². The third-order valence-corrected chi connectivity index (χ3v) is 3.92. The topological polar surface area (TPSA) is 18.5 Å². The Bertz CT molecular complexity index is 609. The van der Waals surface area contributed by atoms with Crippen LogP contribution in [0.2, 0.25) is 10.0 Å². The average molecular weight is 477 g/mol. The van der Waals surface area contributed by atoms with Gasteiger partial charge >= 0.3 is 0 Å². The third-order valence-electron chi connectivity index (χ3n) is 2.68. The highest BCUT2D eigenvalue weighted by Gasteiger charge is 1.99. The number of hydrogen-bond acceptors (Lipinski definition) is 2. The van der Waals surface area contributed by atoms with E-state index >= 15 is 0 Å². The fourth-order valence-electron chi connectivity index (χ4n) is 1.56. The summed E-state index contributed by atoms with van der Waals surface area (Å²) in [6.45, 7) is 1.99. The average Bonchev–Trinajstić information content (AvgIpc) is 2.56. The van der Waals surface area contributed by atoms with E-state index in [1.165, 1.54) is 0 Å². The van der Waals surface area contributed by atoms with Gasteiger partial charge in [0.1, 0.15) is 11.5 Å². The molecule has 0 saturated heterocycles. The van der Waals surface area contributed by atoms with Gasteiger partial charge in [0.25, 0.3) is 0 Å². The van der Waals surface area contributed by atoms with Gasteiger partial charge in [-0.2, -0.15) is 0 Å². The van der Waals surface area contributed by atoms with E-state index in [2.05, 4.69) is 15.9 Å². The van der Waals surface area contributed by atoms with Crippen LogP contribution in [-0.2, 0) is 5.33 Å². The maximum Gasteiger partial charge on any atom is 0.137 e. The molecule has 0 bridgehead atoms. The summed E-state index contributed by atoms with van der Waals surface area (Å²) in [5.41, 5.74) is 2.29. The molecule has 0 aliphatic heterocycles. The fraction of sp³-hybridized carbons (Fsp3) is 0.294. The first-order chi connectivity index (χ1) is 11.4. The van der Waals surface area contributed by atoms with Crippen molar-refractivity contribution >= 4 is 62.3 Å². The molecule has 0 amide bonds. The van der Waals surface area contributed by atoms with E-state index in [1.807, 2.05) is 43.3 Å². The lowest BCUT2D eigenvalue weighted by Gasteiger charge is -2.02. The van der Waals surface area contributed by atoms with Crippen LogP contribution in [0.1, 0.15) is 11.1 Å². The fourth-order valence-corrected chi connectivity index (χ4v) is 2.51. The minimum absolute atomic E-state index is 0.194. The van der Waals surface area contributed by atoms with Crippen molar-refractivity contribution in [1.29, 1.82) is 0 Å². The summed E-state index contributed by atoms with van der Waals surface area (Å²) >= 11 is 24.5. The third kappa shape index (κ3) is 9.24. The van der Waals surface area contributed by atoms with Crippen LogP contribution in [0.25, 0.3) is 0 Å². The quantitative estimate of drug-likeness (QED) is 0.432. The van der Waals surface area contributed by atoms with Gasteiger partial charge in [0, 0.05) is 5.33 Å². The molecule has 0 unspecified atom stereocenters. The van der Waals surface area contributed by atoms with E-state index in [1.54, 1.807) is 14.2 Å². The summed E-state index contributed by atoms with van der Waals surface area (Å²) in [6.07, 6.45) is 0. The van der Waals surface area contributed by atoms with Gasteiger partial charge in [-0.15, -0.1) is 23.2 Å². The molecule has 0 aliphatic rings. The Kier molecular flexibility index (Phi) is 13.7. The maximum absolute atomic E-state index is 5.86. The molecule has 2 nitrogen and oxygen atoms in total. The van der Waals surface area contributed by atoms with E-state index in [0.29, 0.717) is 10.0 Å². The molecule has 0 aliphatic carbocycles. The summed E-state index contributed by atoms with van der Waals surface area (Å²) in [5, 5.41) is 2.34. The number of hydrogen-bond donors (Lipinski definition) is 0. The smallest absolute Gasteiger partial charge is 0.137 e. The van der Waals surface area contributed by atoms with Gasteiger partial charge in [-0.05, 0) is 42.3 Å². The first kappa shape index (κ1) is 23.7. The highest BCUT2D eigenvalue weighted by atomic mass is 79.9. The maximum atomic E-state index is 5.86. The van der Waals surface area contributed by atoms with E-state index in [4.69, 9.17) is 55.9 Å². The normalized spacial score (nSPS) is 9.17. The van der Waals surface area contributed by atoms with Crippen molar-refractivity contribution in [3.63, 3.8) is 0 Å². The minimum atomic E-state index is 0.194. The second kappa shape index (κ2) is 13.9. The number of benzene rings is 2. The van der Waals surface area contributed by atoms with E-state index in [9.17, 15) is 0 Å². The molecule has 0 N–H and O–H groups in total. The highest BCUT2D eigenvalue weighted by Crippen LogP contribution is 2.25. The van der Waals surface area contributed by atoms with Crippen LogP contribution in [0.5, 0.6) is 11.5 Å². The molecule has 7 heteroatoms. The van der Waals surface area contributed by atoms with E-state index in [-0.39, 0.29) is 5.34 Å². The first-order valence-corrected chi connectivity index (χ1v) is 9.68. The van der Waals surface area contributed by atoms with Crippen LogP contribution in [0, 0.1) is 6.92 Å². The molecule has 2 aromatic carbocycles. The Morgan fingerprint density at radius 1 is 0.875 bits per heavy atom. The lowest BCUT2D eigenvalue weighted by molar-refractivity contribution is 0.415. The van der Waals surface area contributed by atoms with Gasteiger partial charge in [0.2, 0.25) is 0 Å². The van der Waals surface area contributed by atoms with Crippen molar-refractivity contribution < 1.29 is 9.47 Å². The largest absolute Gasteiger partial charge is 0.495 e. The SMILES string of the molecule is COc1ccc(C)cc1Cl.COc1ccc(CBr)cc1Cl.ClCCl. The van der Waals surface area contributed by atoms with Crippen LogP contribution >= 0.6 is 62.3 Å². The molecule has 0 spiro atoms. The molecule has 0 atom stereocenters. The number of ether oxygens (including phenoxy) is 2. The van der Waals surface area contributed by atoms with Crippen molar-refractivity contribution in [3.05, 3.63) is 57.6 Å². The Morgan fingerprint density at radius 3 is 1.71 bits per heavy atom. The molecular formula is C17H19BrCl4O2. The van der Waals surface area contributed by atoms with Crippen LogP contribution < -0.4 is 9.47 Å². The van der Waals surface area contributed by atoms with Gasteiger partial charge < -0.3 is 9.47 Å². The van der Waals surface area contributed by atoms with Crippen molar-refractivity contribution in [1.82, 2.24) is 0 Å². The van der Waals surface area contributed by atoms with Gasteiger partial charge in [-0.25, -0.2) is 0 Å². The molecule has 0 heterocycles. The van der Waals surface area contributed by atoms with Gasteiger partial charge in [0.05, 0.1) is 29.6 Å². The standard InChI is InChI=1S/C8H8BrClO.C8H9ClO.CH2Cl2/c1-11-8-3-2-6(5-9)4-7(8)10;1-6-3-4-8(10-2)7(9)5-6;2-1-3/h2-4H,5H2,1H3;3-5H,1-2H3;1H2. The molecule has 2 aromatic rings. The predicted octanol–water partition coefficient (Wildman–Crippen LogP) is 7.32. The first-order valence-electron chi connectivity index (χ1n) is 6.73. The molecule has 24 heavy (non-hydrogen) atoms. The second-order valence-electron chi connectivity index (χ2n) is 4.34. The molecular weight excluding hydrogens is 458 g/mol. The number of rotatable bonds is 3. The lowest BCUT2D eigenvalue weighted by atomic mass is 10.2. The van der Waals surface area contributed by atoms with Crippen molar-refractivity contribution in [2.24, 2.45) is 0 Å². The zero-order valence-electron chi connectivity index (χ0n) is 13.6. The van der Waals surface area contributed by atoms with Crippen LogP contribution in [0.15, 0.2) is 36.4 Å². The molecule has 134 valence electrons. The summed E-state index contributed by atoms with van der Waals surface area (Å²) in [4.78, 5) is 0. The van der Waals surface area contributed by atoms with Crippen molar-refractivity contribution in [2.45, 2.75) is 12.3 Å². The van der Waals surface area contributed by atoms with Crippen LogP contribution in [0.4, 0.5) is 0 Å². The number of methoxy groups -OCH3 is 2. The zero-order chi connectivity index (χ0) is 18.5. The molecule has 0 aromatic heterocycles. The number of alkyl halides is 3. The molecule has 0 fully saturated rings. The van der Waals surface area contributed by atoms with Crippen LogP contribution in [0.3, 0.4) is 0 Å². The summed E-state index contributed by atoms with van der Waals surface area (Å²) in [5.74, 6) is 1.45. The van der Waals surface area contributed by atoms with Gasteiger partial charge in [-0.1, -0.05) is 51.3 Å². The number of halogens is 5. The van der Waals surface area contributed by atoms with Gasteiger partial charge in [-0.3, -0.25) is 0 Å².